The number of rotatable bonds is 5. The Bertz CT molecular complexity index is 945. The number of furan rings is 1. The number of amides is 1. The molecule has 1 aromatic heterocycles. The van der Waals surface area contributed by atoms with Crippen molar-refractivity contribution < 1.29 is 17.6 Å². The molecule has 2 aromatic rings. The molecular formula is C19H23N3O4S. The first-order chi connectivity index (χ1) is 13.0. The molecule has 144 valence electrons. The zero-order valence-corrected chi connectivity index (χ0v) is 16.0. The van der Waals surface area contributed by atoms with E-state index < -0.39 is 10.0 Å². The number of carbonyl (C=O) groups is 1. The summed E-state index contributed by atoms with van der Waals surface area (Å²) in [5.41, 5.74) is 0.605. The van der Waals surface area contributed by atoms with Crippen LogP contribution in [0.3, 0.4) is 0 Å². The Morgan fingerprint density at radius 2 is 1.96 bits per heavy atom. The molecular weight excluding hydrogens is 366 g/mol. The van der Waals surface area contributed by atoms with Gasteiger partial charge in [-0.05, 0) is 63.2 Å². The molecule has 27 heavy (non-hydrogen) atoms. The zero-order chi connectivity index (χ0) is 19.0. The molecule has 0 radical (unpaired) electrons. The molecule has 4 heterocycles. The van der Waals surface area contributed by atoms with E-state index in [0.29, 0.717) is 17.2 Å². The van der Waals surface area contributed by atoms with Gasteiger partial charge >= 0.3 is 0 Å². The summed E-state index contributed by atoms with van der Waals surface area (Å²) in [6, 6.07) is 9.93. The summed E-state index contributed by atoms with van der Waals surface area (Å²) in [5.74, 6) is 1.02. The van der Waals surface area contributed by atoms with Crippen molar-refractivity contribution in [3.63, 3.8) is 0 Å². The molecule has 1 aromatic carbocycles. The van der Waals surface area contributed by atoms with Crippen LogP contribution in [0.15, 0.2) is 45.7 Å². The molecule has 0 saturated carbocycles. The van der Waals surface area contributed by atoms with Crippen LogP contribution in [0.2, 0.25) is 0 Å². The van der Waals surface area contributed by atoms with Crippen molar-refractivity contribution in [1.29, 1.82) is 0 Å². The molecule has 1 amide bonds. The van der Waals surface area contributed by atoms with Crippen molar-refractivity contribution in [3.8, 4) is 11.3 Å². The second-order valence-electron chi connectivity index (χ2n) is 7.12. The van der Waals surface area contributed by atoms with Gasteiger partial charge in [0.1, 0.15) is 5.76 Å². The van der Waals surface area contributed by atoms with Gasteiger partial charge in [0.25, 0.3) is 5.91 Å². The first-order valence-electron chi connectivity index (χ1n) is 9.13. The summed E-state index contributed by atoms with van der Waals surface area (Å²) in [6.07, 6.45) is 2.25. The minimum absolute atomic E-state index is 0.150. The van der Waals surface area contributed by atoms with E-state index in [0.717, 1.165) is 32.5 Å². The SMILES string of the molecule is CNS(=O)(=O)c1cccc(-c2ccc(C(=O)NC3CN4CCC3CC4)o2)c1. The van der Waals surface area contributed by atoms with Crippen LogP contribution in [0, 0.1) is 5.92 Å². The van der Waals surface area contributed by atoms with Crippen molar-refractivity contribution in [2.75, 3.05) is 26.7 Å². The highest BCUT2D eigenvalue weighted by Gasteiger charge is 2.35. The van der Waals surface area contributed by atoms with Crippen LogP contribution in [0.1, 0.15) is 23.4 Å². The maximum Gasteiger partial charge on any atom is 0.287 e. The van der Waals surface area contributed by atoms with Crippen molar-refractivity contribution in [2.24, 2.45) is 5.92 Å². The predicted molar refractivity (Wildman–Crippen MR) is 101 cm³/mol. The van der Waals surface area contributed by atoms with Gasteiger partial charge in [-0.25, -0.2) is 13.1 Å². The number of sulfonamides is 1. The number of carbonyl (C=O) groups excluding carboxylic acids is 1. The lowest BCUT2D eigenvalue weighted by Crippen LogP contribution is -2.57. The van der Waals surface area contributed by atoms with Gasteiger partial charge < -0.3 is 14.6 Å². The molecule has 0 aliphatic carbocycles. The van der Waals surface area contributed by atoms with Crippen molar-refractivity contribution in [1.82, 2.24) is 14.9 Å². The average molecular weight is 389 g/mol. The van der Waals surface area contributed by atoms with E-state index in [4.69, 9.17) is 4.42 Å². The lowest BCUT2D eigenvalue weighted by atomic mass is 9.84. The molecule has 3 aliphatic heterocycles. The van der Waals surface area contributed by atoms with E-state index >= 15 is 0 Å². The minimum atomic E-state index is -3.54. The van der Waals surface area contributed by atoms with Crippen LogP contribution in [0.4, 0.5) is 0 Å². The standard InChI is InChI=1S/C19H23N3O4S/c1-20-27(24,25)15-4-2-3-14(11-15)17-5-6-18(26-17)19(23)21-16-12-22-9-7-13(16)8-10-22/h2-6,11,13,16,20H,7-10,12H2,1H3,(H,21,23). The normalized spacial score (nSPS) is 24.7. The summed E-state index contributed by atoms with van der Waals surface area (Å²) in [6.45, 7) is 3.13. The first-order valence-corrected chi connectivity index (χ1v) is 10.6. The van der Waals surface area contributed by atoms with Crippen LogP contribution < -0.4 is 10.0 Å². The lowest BCUT2D eigenvalue weighted by molar-refractivity contribution is 0.0606. The molecule has 1 unspecified atom stereocenters. The number of hydrogen-bond donors (Lipinski definition) is 2. The van der Waals surface area contributed by atoms with E-state index in [2.05, 4.69) is 14.9 Å². The average Bonchev–Trinajstić information content (AvgIpc) is 3.19. The number of fused-ring (bicyclic) bond motifs is 3. The number of hydrogen-bond acceptors (Lipinski definition) is 5. The van der Waals surface area contributed by atoms with Gasteiger partial charge in [-0.3, -0.25) is 4.79 Å². The molecule has 3 fully saturated rings. The number of piperidine rings is 3. The monoisotopic (exact) mass is 389 g/mol. The highest BCUT2D eigenvalue weighted by atomic mass is 32.2. The molecule has 5 rings (SSSR count). The number of nitrogens with one attached hydrogen (secondary N) is 2. The van der Waals surface area contributed by atoms with Gasteiger partial charge in [0.05, 0.1) is 4.90 Å². The molecule has 0 spiro atoms. The van der Waals surface area contributed by atoms with E-state index in [1.54, 1.807) is 24.3 Å². The van der Waals surface area contributed by atoms with Crippen LogP contribution in [0.5, 0.6) is 0 Å². The lowest BCUT2D eigenvalue weighted by Gasteiger charge is -2.44. The van der Waals surface area contributed by atoms with Crippen molar-refractivity contribution >= 4 is 15.9 Å². The molecule has 7 nitrogen and oxygen atoms in total. The fourth-order valence-corrected chi connectivity index (χ4v) is 4.69. The van der Waals surface area contributed by atoms with Crippen LogP contribution in [-0.4, -0.2) is 51.9 Å². The predicted octanol–water partition coefficient (Wildman–Crippen LogP) is 1.68. The minimum Gasteiger partial charge on any atom is -0.451 e. The molecule has 2 bridgehead atoms. The summed E-state index contributed by atoms with van der Waals surface area (Å²) in [5, 5.41) is 3.10. The fraction of sp³-hybridized carbons (Fsp3) is 0.421. The Hall–Kier alpha value is -2.16. The van der Waals surface area contributed by atoms with Crippen LogP contribution >= 0.6 is 0 Å². The van der Waals surface area contributed by atoms with Gasteiger partial charge in [-0.2, -0.15) is 0 Å². The summed E-state index contributed by atoms with van der Waals surface area (Å²) in [7, 11) is -2.17. The second kappa shape index (κ2) is 7.10. The molecule has 3 saturated heterocycles. The van der Waals surface area contributed by atoms with E-state index in [1.807, 2.05) is 0 Å². The number of benzene rings is 1. The molecule has 1 atom stereocenters. The molecule has 8 heteroatoms. The quantitative estimate of drug-likeness (QED) is 0.812. The second-order valence-corrected chi connectivity index (χ2v) is 9.00. The third-order valence-corrected chi connectivity index (χ3v) is 6.91. The maximum atomic E-state index is 12.6. The van der Waals surface area contributed by atoms with E-state index in [1.165, 1.54) is 19.2 Å². The van der Waals surface area contributed by atoms with Crippen LogP contribution in [0.25, 0.3) is 11.3 Å². The highest BCUT2D eigenvalue weighted by molar-refractivity contribution is 7.89. The topological polar surface area (TPSA) is 91.6 Å². The largest absolute Gasteiger partial charge is 0.451 e. The first kappa shape index (κ1) is 18.2. The van der Waals surface area contributed by atoms with Gasteiger partial charge in [0, 0.05) is 18.2 Å². The van der Waals surface area contributed by atoms with E-state index in [9.17, 15) is 13.2 Å². The number of nitrogens with zero attached hydrogens (tertiary/aromatic N) is 1. The summed E-state index contributed by atoms with van der Waals surface area (Å²) in [4.78, 5) is 15.1. The summed E-state index contributed by atoms with van der Waals surface area (Å²) >= 11 is 0. The van der Waals surface area contributed by atoms with Crippen LogP contribution in [-0.2, 0) is 10.0 Å². The highest BCUT2D eigenvalue weighted by Crippen LogP contribution is 2.28. The Kier molecular flexibility index (Phi) is 4.79. The Balaban J connectivity index is 1.50. The Labute approximate surface area is 158 Å². The van der Waals surface area contributed by atoms with Crippen molar-refractivity contribution in [2.45, 2.75) is 23.8 Å². The third kappa shape index (κ3) is 3.65. The van der Waals surface area contributed by atoms with Gasteiger partial charge in [-0.1, -0.05) is 12.1 Å². The van der Waals surface area contributed by atoms with Gasteiger partial charge in [0.2, 0.25) is 10.0 Å². The summed E-state index contributed by atoms with van der Waals surface area (Å²) < 4.78 is 31.9. The van der Waals surface area contributed by atoms with Crippen molar-refractivity contribution in [3.05, 3.63) is 42.2 Å². The van der Waals surface area contributed by atoms with Gasteiger partial charge in [-0.15, -0.1) is 0 Å². The van der Waals surface area contributed by atoms with E-state index in [-0.39, 0.29) is 22.6 Å². The maximum absolute atomic E-state index is 12.6. The Morgan fingerprint density at radius 3 is 2.63 bits per heavy atom. The van der Waals surface area contributed by atoms with Gasteiger partial charge in [0.15, 0.2) is 5.76 Å². The fourth-order valence-electron chi connectivity index (χ4n) is 3.92. The molecule has 3 aliphatic rings. The molecule has 2 N–H and O–H groups in total. The smallest absolute Gasteiger partial charge is 0.287 e. The zero-order valence-electron chi connectivity index (χ0n) is 15.1. The Morgan fingerprint density at radius 1 is 1.19 bits per heavy atom. The third-order valence-electron chi connectivity index (χ3n) is 5.50.